The average molecular weight is 794 g/mol. The smallest absolute Gasteiger partial charge is 0.350 e. The van der Waals surface area contributed by atoms with Crippen molar-refractivity contribution >= 4 is 74.8 Å². The van der Waals surface area contributed by atoms with Gasteiger partial charge >= 0.3 is 5.97 Å². The number of aromatic nitrogens is 5. The SMILES string of the molecule is CC(C)(O/N=C(\C(=O)C[C@@H]1C(=O)N2C(c3nn[nH]n3)=C(C[N+]3(CCNC(=O)c4ccc(O)c(O)c4F)CCCC3)CS[C@H]12)c1nc(N)sc1Cl)C(=O)O. The van der Waals surface area contributed by atoms with E-state index in [9.17, 15) is 38.9 Å². The number of aromatic amines is 1. The molecule has 7 N–H and O–H groups in total. The van der Waals surface area contributed by atoms with Crippen molar-refractivity contribution in [2.45, 2.75) is 44.1 Å². The second-order valence-corrected chi connectivity index (χ2v) is 16.0. The fourth-order valence-electron chi connectivity index (χ4n) is 6.50. The molecular formula is C31H35ClFN10O8S2+. The molecule has 0 unspecified atom stereocenters. The number of benzene rings is 1. The lowest BCUT2D eigenvalue weighted by Gasteiger charge is -2.50. The summed E-state index contributed by atoms with van der Waals surface area (Å²) < 4.78 is 15.0. The third kappa shape index (κ3) is 7.50. The van der Waals surface area contributed by atoms with Crippen LogP contribution in [0.2, 0.25) is 4.34 Å². The largest absolute Gasteiger partial charge is 0.504 e. The molecule has 2 saturated heterocycles. The molecule has 0 radical (unpaired) electrons. The van der Waals surface area contributed by atoms with Gasteiger partial charge < -0.3 is 35.7 Å². The third-order valence-corrected chi connectivity index (χ3v) is 11.8. The molecule has 0 spiro atoms. The zero-order chi connectivity index (χ0) is 38.2. The number of ketones is 1. The van der Waals surface area contributed by atoms with Crippen LogP contribution < -0.4 is 11.1 Å². The van der Waals surface area contributed by atoms with Crippen LogP contribution in [-0.2, 0) is 19.2 Å². The molecule has 2 aromatic heterocycles. The summed E-state index contributed by atoms with van der Waals surface area (Å²) in [5, 5.41) is 49.3. The molecule has 22 heteroatoms. The summed E-state index contributed by atoms with van der Waals surface area (Å²) in [6, 6.07) is 2.13. The first-order chi connectivity index (χ1) is 25.1. The Balaban J connectivity index is 1.21. The van der Waals surface area contributed by atoms with Crippen molar-refractivity contribution in [3.05, 3.63) is 44.9 Å². The van der Waals surface area contributed by atoms with E-state index in [1.54, 1.807) is 4.90 Å². The molecular weight excluding hydrogens is 759 g/mol. The molecule has 3 aliphatic heterocycles. The molecule has 0 bridgehead atoms. The number of nitrogen functional groups attached to an aromatic ring is 1. The number of aromatic hydroxyl groups is 2. The number of hydrogen-bond donors (Lipinski definition) is 6. The molecule has 5 heterocycles. The molecule has 53 heavy (non-hydrogen) atoms. The van der Waals surface area contributed by atoms with Gasteiger partial charge in [-0.2, -0.15) is 5.21 Å². The number of β-lactam (4-membered cyclic amide) rings is 1. The third-order valence-electron chi connectivity index (χ3n) is 9.34. The molecule has 2 fully saturated rings. The number of thioether (sulfide) groups is 1. The standard InChI is InChI=1S/C31H34ClFN10O8S2/c1-31(2,29(49)50)51-39-20(21-24(32)53-30(34)36-21)18(45)11-16-27(48)42-22(25-37-40-41-38-25)14(13-52-28(16)42)12-43(8-3-4-9-43)10-7-35-26(47)15-5-6-17(44)23(46)19(15)33/h5-6,16,28H,3-4,7-13H2,1-2H3,(H6-,34,35,36,37,38,39,40,41,44,45,46,47,49,50)/p+1/t16-,28-/m1/s1. The number of quaternary nitrogens is 1. The van der Waals surface area contributed by atoms with Gasteiger partial charge in [-0.15, -0.1) is 22.0 Å². The highest BCUT2D eigenvalue weighted by Gasteiger charge is 2.54. The predicted octanol–water partition coefficient (Wildman–Crippen LogP) is 1.97. The molecule has 1 aromatic carbocycles. The van der Waals surface area contributed by atoms with Gasteiger partial charge in [0.2, 0.25) is 17.3 Å². The molecule has 2 amide bonds. The summed E-state index contributed by atoms with van der Waals surface area (Å²) in [5.41, 5.74) is 4.50. The second-order valence-electron chi connectivity index (χ2n) is 13.3. The summed E-state index contributed by atoms with van der Waals surface area (Å²) in [6.45, 7) is 5.20. The molecule has 18 nitrogen and oxygen atoms in total. The number of phenols is 2. The van der Waals surface area contributed by atoms with Crippen molar-refractivity contribution in [2.24, 2.45) is 11.1 Å². The van der Waals surface area contributed by atoms with Crippen LogP contribution in [0.3, 0.4) is 0 Å². The minimum absolute atomic E-state index is 0.0391. The number of anilines is 1. The maximum absolute atomic E-state index is 14.4. The van der Waals surface area contributed by atoms with Gasteiger partial charge in [-0.25, -0.2) is 14.2 Å². The summed E-state index contributed by atoms with van der Waals surface area (Å²) >= 11 is 8.65. The van der Waals surface area contributed by atoms with Crippen molar-refractivity contribution in [2.75, 3.05) is 44.2 Å². The highest BCUT2D eigenvalue weighted by Crippen LogP contribution is 2.48. The number of phenolic OH excluding ortho intramolecular Hbond substituents is 2. The van der Waals surface area contributed by atoms with Crippen molar-refractivity contribution in [1.82, 2.24) is 35.8 Å². The van der Waals surface area contributed by atoms with Gasteiger partial charge in [0.1, 0.15) is 16.6 Å². The van der Waals surface area contributed by atoms with Crippen LogP contribution in [0.4, 0.5) is 9.52 Å². The average Bonchev–Trinajstić information content (AvgIpc) is 3.88. The van der Waals surface area contributed by atoms with Crippen LogP contribution in [0.15, 0.2) is 22.9 Å². The van der Waals surface area contributed by atoms with Crippen molar-refractivity contribution in [1.29, 1.82) is 0 Å². The molecule has 0 saturated carbocycles. The Kier molecular flexibility index (Phi) is 10.6. The number of amides is 2. The number of carbonyl (C=O) groups is 4. The van der Waals surface area contributed by atoms with E-state index < -0.39 is 57.4 Å². The van der Waals surface area contributed by atoms with Crippen LogP contribution in [0.1, 0.15) is 55.0 Å². The van der Waals surface area contributed by atoms with E-state index in [1.807, 2.05) is 0 Å². The Morgan fingerprint density at radius 2 is 2.00 bits per heavy atom. The predicted molar refractivity (Wildman–Crippen MR) is 189 cm³/mol. The summed E-state index contributed by atoms with van der Waals surface area (Å²) in [4.78, 5) is 62.9. The number of nitrogens with one attached hydrogen (secondary N) is 2. The highest BCUT2D eigenvalue weighted by molar-refractivity contribution is 8.00. The van der Waals surface area contributed by atoms with Crippen LogP contribution in [0, 0.1) is 11.7 Å². The quantitative estimate of drug-likeness (QED) is 0.0449. The summed E-state index contributed by atoms with van der Waals surface area (Å²) in [5.74, 6) is -6.12. The minimum atomic E-state index is -1.79. The first kappa shape index (κ1) is 37.9. The molecule has 3 aliphatic rings. The number of Topliss-reactive ketones (excluding diaryl/α,β-unsaturated/α-hetero) is 1. The van der Waals surface area contributed by atoms with Crippen LogP contribution in [0.25, 0.3) is 5.70 Å². The van der Waals surface area contributed by atoms with Gasteiger partial charge in [-0.3, -0.25) is 19.3 Å². The number of aliphatic carboxylic acids is 1. The molecule has 3 aromatic rings. The van der Waals surface area contributed by atoms with Gasteiger partial charge in [0.05, 0.1) is 48.7 Å². The number of likely N-dealkylation sites (tertiary alicyclic amines) is 1. The van der Waals surface area contributed by atoms with Gasteiger partial charge in [0, 0.05) is 30.6 Å². The van der Waals surface area contributed by atoms with E-state index in [0.29, 0.717) is 29.0 Å². The van der Waals surface area contributed by atoms with Crippen molar-refractivity contribution in [3.63, 3.8) is 0 Å². The monoisotopic (exact) mass is 793 g/mol. The number of tetrazole rings is 1. The number of nitrogens with two attached hydrogens (primary N) is 1. The number of nitrogens with zero attached hydrogens (tertiary/aromatic N) is 7. The maximum Gasteiger partial charge on any atom is 0.350 e. The number of halogens is 2. The summed E-state index contributed by atoms with van der Waals surface area (Å²) in [7, 11) is 0. The number of H-pyrrole nitrogens is 1. The fourth-order valence-corrected chi connectivity index (χ4v) is 8.83. The Hall–Kier alpha value is -4.86. The van der Waals surface area contributed by atoms with Gasteiger partial charge in [-0.05, 0) is 31.2 Å². The Morgan fingerprint density at radius 1 is 1.26 bits per heavy atom. The van der Waals surface area contributed by atoms with Gasteiger partial charge in [-0.1, -0.05) is 28.1 Å². The topological polar surface area (TPSA) is 259 Å². The Labute approximate surface area is 313 Å². The van der Waals surface area contributed by atoms with E-state index in [4.69, 9.17) is 22.2 Å². The summed E-state index contributed by atoms with van der Waals surface area (Å²) in [6.07, 6.45) is 1.53. The second kappa shape index (κ2) is 14.9. The van der Waals surface area contributed by atoms with Crippen molar-refractivity contribution < 1.29 is 48.2 Å². The van der Waals surface area contributed by atoms with E-state index in [-0.39, 0.29) is 45.6 Å². The number of thiazole rings is 1. The lowest BCUT2D eigenvalue weighted by molar-refractivity contribution is -0.911. The Bertz CT molecular complexity index is 2020. The minimum Gasteiger partial charge on any atom is -0.504 e. The number of carbonyl (C=O) groups excluding carboxylic acids is 3. The van der Waals surface area contributed by atoms with E-state index >= 15 is 0 Å². The number of hydrogen-bond acceptors (Lipinski definition) is 15. The highest BCUT2D eigenvalue weighted by atomic mass is 35.5. The number of oxime groups is 1. The molecule has 0 aliphatic carbocycles. The van der Waals surface area contributed by atoms with E-state index in [0.717, 1.165) is 55.0 Å². The number of carboxylic acids is 1. The zero-order valence-electron chi connectivity index (χ0n) is 28.3. The molecule has 6 rings (SSSR count). The maximum atomic E-state index is 14.4. The van der Waals surface area contributed by atoms with Crippen molar-refractivity contribution in [3.8, 4) is 11.5 Å². The van der Waals surface area contributed by atoms with Gasteiger partial charge in [0.25, 0.3) is 5.91 Å². The van der Waals surface area contributed by atoms with Crippen LogP contribution >= 0.6 is 34.7 Å². The first-order valence-corrected chi connectivity index (χ1v) is 18.6. The van der Waals surface area contributed by atoms with Gasteiger partial charge in [0.15, 0.2) is 33.9 Å². The Morgan fingerprint density at radius 3 is 2.64 bits per heavy atom. The van der Waals surface area contributed by atoms with Crippen LogP contribution in [-0.4, -0.2) is 129 Å². The first-order valence-electron chi connectivity index (χ1n) is 16.3. The fraction of sp³-hybridized carbons (Fsp3) is 0.452. The lowest BCUT2D eigenvalue weighted by atomic mass is 9.89. The molecule has 282 valence electrons. The number of fused-ring (bicyclic) bond motifs is 1. The van der Waals surface area contributed by atoms with E-state index in [1.165, 1.54) is 25.6 Å². The number of rotatable bonds is 14. The zero-order valence-corrected chi connectivity index (χ0v) is 30.7. The lowest BCUT2D eigenvalue weighted by Crippen LogP contribution is -2.61. The normalized spacial score (nSPS) is 19.9. The molecule has 2 atom stereocenters. The van der Waals surface area contributed by atoms with Crippen LogP contribution in [0.5, 0.6) is 11.5 Å². The number of carboxylic acid groups (broad SMARTS) is 1. The van der Waals surface area contributed by atoms with E-state index in [2.05, 4.69) is 36.1 Å².